The zero-order valence-electron chi connectivity index (χ0n) is 8.94. The molecule has 0 radical (unpaired) electrons. The second-order valence-electron chi connectivity index (χ2n) is 3.81. The third kappa shape index (κ3) is 2.29. The van der Waals surface area contributed by atoms with E-state index in [0.29, 0.717) is 6.54 Å². The Hall–Kier alpha value is -1.52. The highest BCUT2D eigenvalue weighted by Crippen LogP contribution is 2.07. The Kier molecular flexibility index (Phi) is 2.89. The lowest BCUT2D eigenvalue weighted by molar-refractivity contribution is 0.208. The quantitative estimate of drug-likeness (QED) is 0.778. The molecule has 0 bridgehead atoms. The Labute approximate surface area is 89.1 Å². The summed E-state index contributed by atoms with van der Waals surface area (Å²) in [4.78, 5) is 17.6. The number of hydrogen-bond acceptors (Lipinski definition) is 2. The van der Waals surface area contributed by atoms with E-state index in [1.54, 1.807) is 6.20 Å². The molecule has 5 heteroatoms. The molecule has 0 spiro atoms. The van der Waals surface area contributed by atoms with Crippen molar-refractivity contribution >= 4 is 6.03 Å². The van der Waals surface area contributed by atoms with E-state index in [4.69, 9.17) is 0 Å². The van der Waals surface area contributed by atoms with Crippen molar-refractivity contribution in [2.75, 3.05) is 13.1 Å². The number of aromatic nitrogens is 2. The molecule has 1 aliphatic heterocycles. The molecular formula is C10H16N4O. The van der Waals surface area contributed by atoms with Crippen molar-refractivity contribution in [3.63, 3.8) is 0 Å². The van der Waals surface area contributed by atoms with Gasteiger partial charge in [-0.1, -0.05) is 0 Å². The minimum atomic E-state index is 0.0236. The number of rotatable bonds is 2. The van der Waals surface area contributed by atoms with Crippen molar-refractivity contribution in [3.8, 4) is 0 Å². The summed E-state index contributed by atoms with van der Waals surface area (Å²) in [5.41, 5.74) is 0. The third-order valence-electron chi connectivity index (χ3n) is 2.71. The standard InChI is InChI=1S/C10H16N4O/c1-13-7-4-11-9(13)8-12-10(15)14-5-2-3-6-14/h4,7H,2-3,5-6,8H2,1H3,(H,12,15). The summed E-state index contributed by atoms with van der Waals surface area (Å²) in [5, 5.41) is 2.87. The van der Waals surface area contributed by atoms with Crippen molar-refractivity contribution in [1.82, 2.24) is 19.8 Å². The van der Waals surface area contributed by atoms with Gasteiger partial charge in [-0.2, -0.15) is 0 Å². The van der Waals surface area contributed by atoms with Crippen LogP contribution in [0.15, 0.2) is 12.4 Å². The lowest BCUT2D eigenvalue weighted by Crippen LogP contribution is -2.37. The third-order valence-corrected chi connectivity index (χ3v) is 2.71. The first-order valence-electron chi connectivity index (χ1n) is 5.26. The zero-order chi connectivity index (χ0) is 10.7. The Bertz CT molecular complexity index is 341. The van der Waals surface area contributed by atoms with Crippen LogP contribution < -0.4 is 5.32 Å². The number of imidazole rings is 1. The van der Waals surface area contributed by atoms with Crippen LogP contribution in [0.2, 0.25) is 0 Å². The predicted octanol–water partition coefficient (Wildman–Crippen LogP) is 0.726. The van der Waals surface area contributed by atoms with Crippen molar-refractivity contribution in [2.24, 2.45) is 7.05 Å². The fourth-order valence-electron chi connectivity index (χ4n) is 1.75. The molecule has 1 aliphatic rings. The molecule has 2 rings (SSSR count). The highest BCUT2D eigenvalue weighted by Gasteiger charge is 2.17. The second kappa shape index (κ2) is 4.33. The lowest BCUT2D eigenvalue weighted by atomic mass is 10.4. The number of urea groups is 1. The summed E-state index contributed by atoms with van der Waals surface area (Å²) >= 11 is 0. The normalized spacial score (nSPS) is 15.7. The van der Waals surface area contributed by atoms with Gasteiger partial charge in [-0.25, -0.2) is 9.78 Å². The molecule has 1 aromatic heterocycles. The van der Waals surface area contributed by atoms with Gasteiger partial charge in [-0.15, -0.1) is 0 Å². The molecule has 2 heterocycles. The molecule has 0 unspecified atom stereocenters. The van der Waals surface area contributed by atoms with E-state index in [1.165, 1.54) is 0 Å². The van der Waals surface area contributed by atoms with Crippen LogP contribution in [0.3, 0.4) is 0 Å². The van der Waals surface area contributed by atoms with Crippen molar-refractivity contribution < 1.29 is 4.79 Å². The van der Waals surface area contributed by atoms with Crippen LogP contribution >= 0.6 is 0 Å². The fourth-order valence-corrected chi connectivity index (χ4v) is 1.75. The number of aryl methyl sites for hydroxylation is 1. The molecule has 0 aliphatic carbocycles. The van der Waals surface area contributed by atoms with Crippen LogP contribution in [-0.4, -0.2) is 33.6 Å². The van der Waals surface area contributed by atoms with Crippen LogP contribution in [0.4, 0.5) is 4.79 Å². The minimum absolute atomic E-state index is 0.0236. The maximum Gasteiger partial charge on any atom is 0.317 e. The Morgan fingerprint density at radius 2 is 2.27 bits per heavy atom. The van der Waals surface area contributed by atoms with Gasteiger partial charge in [0.25, 0.3) is 0 Å². The smallest absolute Gasteiger partial charge is 0.317 e. The zero-order valence-corrected chi connectivity index (χ0v) is 8.94. The van der Waals surface area contributed by atoms with E-state index in [-0.39, 0.29) is 6.03 Å². The maximum atomic E-state index is 11.6. The minimum Gasteiger partial charge on any atom is -0.337 e. The predicted molar refractivity (Wildman–Crippen MR) is 56.3 cm³/mol. The molecule has 0 atom stereocenters. The molecular weight excluding hydrogens is 192 g/mol. The first-order chi connectivity index (χ1) is 7.27. The van der Waals surface area contributed by atoms with Crippen LogP contribution in [0.5, 0.6) is 0 Å². The van der Waals surface area contributed by atoms with Gasteiger partial charge < -0.3 is 14.8 Å². The van der Waals surface area contributed by atoms with Gasteiger partial charge in [0, 0.05) is 32.5 Å². The molecule has 2 amide bonds. The van der Waals surface area contributed by atoms with Gasteiger partial charge in [-0.3, -0.25) is 0 Å². The summed E-state index contributed by atoms with van der Waals surface area (Å²) in [5.74, 6) is 0.877. The average molecular weight is 208 g/mol. The van der Waals surface area contributed by atoms with Crippen molar-refractivity contribution in [3.05, 3.63) is 18.2 Å². The SMILES string of the molecule is Cn1ccnc1CNC(=O)N1CCCC1. The van der Waals surface area contributed by atoms with Crippen LogP contribution in [0, 0.1) is 0 Å². The molecule has 0 aromatic carbocycles. The van der Waals surface area contributed by atoms with E-state index in [9.17, 15) is 4.79 Å². The largest absolute Gasteiger partial charge is 0.337 e. The summed E-state index contributed by atoms with van der Waals surface area (Å²) in [6.45, 7) is 2.26. The fraction of sp³-hybridized carbons (Fsp3) is 0.600. The summed E-state index contributed by atoms with van der Waals surface area (Å²) in [6, 6.07) is 0.0236. The van der Waals surface area contributed by atoms with E-state index >= 15 is 0 Å². The van der Waals surface area contributed by atoms with E-state index in [0.717, 1.165) is 31.8 Å². The van der Waals surface area contributed by atoms with Gasteiger partial charge in [0.2, 0.25) is 0 Å². The topological polar surface area (TPSA) is 50.2 Å². The molecule has 5 nitrogen and oxygen atoms in total. The van der Waals surface area contributed by atoms with Gasteiger partial charge in [0.1, 0.15) is 5.82 Å². The van der Waals surface area contributed by atoms with Crippen LogP contribution in [0.1, 0.15) is 18.7 Å². The second-order valence-corrected chi connectivity index (χ2v) is 3.81. The highest BCUT2D eigenvalue weighted by atomic mass is 16.2. The van der Waals surface area contributed by atoms with Crippen LogP contribution in [-0.2, 0) is 13.6 Å². The van der Waals surface area contributed by atoms with Gasteiger partial charge >= 0.3 is 6.03 Å². The summed E-state index contributed by atoms with van der Waals surface area (Å²) in [6.07, 6.45) is 5.85. The van der Waals surface area contributed by atoms with Gasteiger partial charge in [-0.05, 0) is 12.8 Å². The lowest BCUT2D eigenvalue weighted by Gasteiger charge is -2.15. The first-order valence-corrected chi connectivity index (χ1v) is 5.26. The molecule has 82 valence electrons. The monoisotopic (exact) mass is 208 g/mol. The molecule has 15 heavy (non-hydrogen) atoms. The van der Waals surface area contributed by atoms with Gasteiger partial charge in [0.05, 0.1) is 6.54 Å². The summed E-state index contributed by atoms with van der Waals surface area (Å²) in [7, 11) is 1.92. The number of nitrogens with one attached hydrogen (secondary N) is 1. The maximum absolute atomic E-state index is 11.6. The molecule has 0 saturated carbocycles. The Morgan fingerprint density at radius 3 is 2.87 bits per heavy atom. The number of carbonyl (C=O) groups excluding carboxylic acids is 1. The number of nitrogens with zero attached hydrogens (tertiary/aromatic N) is 3. The summed E-state index contributed by atoms with van der Waals surface area (Å²) < 4.78 is 1.91. The van der Waals surface area contributed by atoms with Gasteiger partial charge in [0.15, 0.2) is 0 Å². The molecule has 1 fully saturated rings. The number of amides is 2. The Morgan fingerprint density at radius 1 is 1.53 bits per heavy atom. The van der Waals surface area contributed by atoms with Crippen molar-refractivity contribution in [2.45, 2.75) is 19.4 Å². The number of hydrogen-bond donors (Lipinski definition) is 1. The highest BCUT2D eigenvalue weighted by molar-refractivity contribution is 5.74. The van der Waals surface area contributed by atoms with Crippen molar-refractivity contribution in [1.29, 1.82) is 0 Å². The van der Waals surface area contributed by atoms with Crippen LogP contribution in [0.25, 0.3) is 0 Å². The average Bonchev–Trinajstić information content (AvgIpc) is 2.85. The number of likely N-dealkylation sites (tertiary alicyclic amines) is 1. The Balaban J connectivity index is 1.83. The van der Waals surface area contributed by atoms with E-state index < -0.39 is 0 Å². The molecule has 1 aromatic rings. The molecule has 1 saturated heterocycles. The number of carbonyl (C=O) groups is 1. The van der Waals surface area contributed by atoms with E-state index in [1.807, 2.05) is 22.7 Å². The first kappa shape index (κ1) is 10.0. The van der Waals surface area contributed by atoms with E-state index in [2.05, 4.69) is 10.3 Å². The molecule has 1 N–H and O–H groups in total.